The lowest BCUT2D eigenvalue weighted by Crippen LogP contribution is -1.97. The van der Waals surface area contributed by atoms with E-state index in [1.165, 1.54) is 10.8 Å². The van der Waals surface area contributed by atoms with Crippen molar-refractivity contribution in [3.8, 4) is 23.3 Å². The number of ether oxygens (including phenoxy) is 2. The Bertz CT molecular complexity index is 1100. The number of halogens is 1. The van der Waals surface area contributed by atoms with Gasteiger partial charge in [0.1, 0.15) is 24.7 Å². The van der Waals surface area contributed by atoms with E-state index in [2.05, 4.69) is 35.0 Å². The molecule has 26 heavy (non-hydrogen) atoms. The highest BCUT2D eigenvalue weighted by atomic mass is 35.5. The van der Waals surface area contributed by atoms with Gasteiger partial charge in [-0.1, -0.05) is 41.6 Å². The number of fused-ring (bicyclic) bond motifs is 3. The predicted molar refractivity (Wildman–Crippen MR) is 106 cm³/mol. The van der Waals surface area contributed by atoms with Crippen molar-refractivity contribution in [2.24, 2.45) is 0 Å². The van der Waals surface area contributed by atoms with Gasteiger partial charge in [0.25, 0.3) is 0 Å². The van der Waals surface area contributed by atoms with Crippen LogP contribution in [0.1, 0.15) is 0 Å². The lowest BCUT2D eigenvalue weighted by molar-refractivity contribution is 0.362. The highest BCUT2D eigenvalue weighted by Gasteiger charge is 2.04. The average Bonchev–Trinajstić information content (AvgIpc) is 3.04. The van der Waals surface area contributed by atoms with Crippen molar-refractivity contribution in [1.82, 2.24) is 4.98 Å². The van der Waals surface area contributed by atoms with Gasteiger partial charge in [-0.3, -0.25) is 0 Å². The summed E-state index contributed by atoms with van der Waals surface area (Å²) in [5.41, 5.74) is 2.18. The summed E-state index contributed by atoms with van der Waals surface area (Å²) in [6, 6.07) is 21.5. The maximum atomic E-state index is 5.83. The van der Waals surface area contributed by atoms with Gasteiger partial charge in [-0.15, -0.1) is 0 Å². The summed E-state index contributed by atoms with van der Waals surface area (Å²) >= 11 is 5.83. The fraction of sp³-hybridized carbons (Fsp3) is 0.0909. The van der Waals surface area contributed by atoms with E-state index in [4.69, 9.17) is 21.1 Å². The summed E-state index contributed by atoms with van der Waals surface area (Å²) in [6.45, 7) is 0.627. The van der Waals surface area contributed by atoms with E-state index >= 15 is 0 Å². The lowest BCUT2D eigenvalue weighted by atomic mass is 10.1. The van der Waals surface area contributed by atoms with Crippen molar-refractivity contribution in [2.75, 3.05) is 13.2 Å². The number of hydrogen-bond acceptors (Lipinski definition) is 2. The summed E-state index contributed by atoms with van der Waals surface area (Å²) < 4.78 is 11.2. The van der Waals surface area contributed by atoms with Crippen LogP contribution in [0.15, 0.2) is 66.7 Å². The average molecular weight is 362 g/mol. The zero-order valence-corrected chi connectivity index (χ0v) is 14.7. The highest BCUT2D eigenvalue weighted by Crippen LogP contribution is 2.28. The largest absolute Gasteiger partial charge is 0.481 e. The lowest BCUT2D eigenvalue weighted by Gasteiger charge is -2.02. The van der Waals surface area contributed by atoms with E-state index in [-0.39, 0.29) is 0 Å². The smallest absolute Gasteiger partial charge is 0.149 e. The fourth-order valence-corrected chi connectivity index (χ4v) is 2.92. The topological polar surface area (TPSA) is 34.2 Å². The van der Waals surface area contributed by atoms with Gasteiger partial charge in [0, 0.05) is 27.4 Å². The van der Waals surface area contributed by atoms with E-state index in [1.807, 2.05) is 36.4 Å². The Kier molecular flexibility index (Phi) is 4.68. The Hall–Kier alpha value is -3.09. The number of hydrogen-bond donors (Lipinski definition) is 1. The van der Waals surface area contributed by atoms with E-state index in [0.29, 0.717) is 18.2 Å². The Balaban J connectivity index is 1.35. The van der Waals surface area contributed by atoms with Crippen molar-refractivity contribution in [2.45, 2.75) is 0 Å². The normalized spacial score (nSPS) is 10.5. The summed E-state index contributed by atoms with van der Waals surface area (Å²) in [4.78, 5) is 3.41. The summed E-state index contributed by atoms with van der Waals surface area (Å²) in [7, 11) is 0. The molecule has 3 nitrogen and oxygen atoms in total. The second-order valence-corrected chi connectivity index (χ2v) is 6.20. The first-order chi connectivity index (χ1) is 12.8. The maximum Gasteiger partial charge on any atom is 0.149 e. The van der Waals surface area contributed by atoms with Crippen LogP contribution in [-0.4, -0.2) is 18.2 Å². The molecule has 0 saturated heterocycles. The van der Waals surface area contributed by atoms with Crippen LogP contribution in [0.5, 0.6) is 11.5 Å². The summed E-state index contributed by atoms with van der Waals surface area (Å²) in [5.74, 6) is 7.43. The molecule has 3 aromatic carbocycles. The molecular weight excluding hydrogens is 346 g/mol. The molecular formula is C22H16ClNO2. The zero-order valence-electron chi connectivity index (χ0n) is 14.0. The molecule has 0 bridgehead atoms. The van der Waals surface area contributed by atoms with Gasteiger partial charge in [-0.25, -0.2) is 0 Å². The second kappa shape index (κ2) is 7.43. The molecule has 1 N–H and O–H groups in total. The van der Waals surface area contributed by atoms with E-state index in [9.17, 15) is 0 Å². The van der Waals surface area contributed by atoms with E-state index in [0.717, 1.165) is 22.5 Å². The molecule has 4 rings (SSSR count). The molecule has 1 aromatic heterocycles. The first kappa shape index (κ1) is 16.4. The fourth-order valence-electron chi connectivity index (χ4n) is 2.80. The van der Waals surface area contributed by atoms with Crippen LogP contribution in [0, 0.1) is 11.8 Å². The van der Waals surface area contributed by atoms with Gasteiger partial charge in [0.15, 0.2) is 0 Å². The highest BCUT2D eigenvalue weighted by molar-refractivity contribution is 6.30. The molecule has 0 aliphatic carbocycles. The van der Waals surface area contributed by atoms with Crippen LogP contribution in [0.2, 0.25) is 5.02 Å². The Morgan fingerprint density at radius 1 is 0.731 bits per heavy atom. The molecule has 0 atom stereocenters. The van der Waals surface area contributed by atoms with Gasteiger partial charge in [0.2, 0.25) is 0 Å². The number of aromatic nitrogens is 1. The van der Waals surface area contributed by atoms with E-state index in [1.54, 1.807) is 12.1 Å². The van der Waals surface area contributed by atoms with Gasteiger partial charge in [-0.2, -0.15) is 0 Å². The van der Waals surface area contributed by atoms with Crippen LogP contribution in [0.3, 0.4) is 0 Å². The molecule has 0 saturated carbocycles. The zero-order chi connectivity index (χ0) is 17.8. The number of aromatic amines is 1. The number of para-hydroxylation sites is 1. The molecule has 0 aliphatic heterocycles. The van der Waals surface area contributed by atoms with Crippen molar-refractivity contribution >= 4 is 33.4 Å². The monoisotopic (exact) mass is 361 g/mol. The van der Waals surface area contributed by atoms with Crippen LogP contribution in [0.25, 0.3) is 21.8 Å². The first-order valence-corrected chi connectivity index (χ1v) is 8.65. The summed E-state index contributed by atoms with van der Waals surface area (Å²) in [5, 5.41) is 3.09. The number of H-pyrrole nitrogens is 1. The second-order valence-electron chi connectivity index (χ2n) is 5.76. The molecule has 4 aromatic rings. The standard InChI is InChI=1S/C22H16ClNO2/c23-16-7-9-17(10-8-16)25-13-3-4-14-26-18-11-12-20-19-5-1-2-6-21(19)24-22(20)15-18/h1-2,5-12,15,24H,13-14H2. The van der Waals surface area contributed by atoms with Crippen molar-refractivity contribution in [3.63, 3.8) is 0 Å². The van der Waals surface area contributed by atoms with Crippen molar-refractivity contribution in [1.29, 1.82) is 0 Å². The molecule has 0 unspecified atom stereocenters. The third kappa shape index (κ3) is 3.61. The number of nitrogens with one attached hydrogen (secondary N) is 1. The van der Waals surface area contributed by atoms with Crippen molar-refractivity contribution in [3.05, 3.63) is 71.8 Å². The molecule has 0 aliphatic rings. The molecule has 0 radical (unpaired) electrons. The Morgan fingerprint density at radius 2 is 1.38 bits per heavy atom. The van der Waals surface area contributed by atoms with E-state index < -0.39 is 0 Å². The molecule has 4 heteroatoms. The van der Waals surface area contributed by atoms with Crippen LogP contribution >= 0.6 is 11.6 Å². The molecule has 1 heterocycles. The minimum Gasteiger partial charge on any atom is -0.481 e. The molecule has 0 amide bonds. The predicted octanol–water partition coefficient (Wildman–Crippen LogP) is 5.44. The van der Waals surface area contributed by atoms with Crippen molar-refractivity contribution < 1.29 is 9.47 Å². The quantitative estimate of drug-likeness (QED) is 0.491. The third-order valence-electron chi connectivity index (χ3n) is 4.04. The van der Waals surface area contributed by atoms with Gasteiger partial charge < -0.3 is 14.5 Å². The first-order valence-electron chi connectivity index (χ1n) is 8.27. The maximum absolute atomic E-state index is 5.83. The summed E-state index contributed by atoms with van der Waals surface area (Å²) in [6.07, 6.45) is 0. The SMILES string of the molecule is Clc1ccc(OCC#CCOc2ccc3c(c2)[nH]c2ccccc23)cc1. The van der Waals surface area contributed by atoms with Crippen LogP contribution in [0.4, 0.5) is 0 Å². The Labute approximate surface area is 156 Å². The minimum atomic E-state index is 0.312. The Morgan fingerprint density at radius 3 is 2.19 bits per heavy atom. The van der Waals surface area contributed by atoms with Gasteiger partial charge in [0.05, 0.1) is 5.52 Å². The van der Waals surface area contributed by atoms with Crippen LogP contribution in [-0.2, 0) is 0 Å². The molecule has 128 valence electrons. The van der Waals surface area contributed by atoms with Gasteiger partial charge >= 0.3 is 0 Å². The molecule has 0 spiro atoms. The third-order valence-corrected chi connectivity index (χ3v) is 4.29. The number of benzene rings is 3. The minimum absolute atomic E-state index is 0.312. The number of rotatable bonds is 4. The molecule has 0 fully saturated rings. The van der Waals surface area contributed by atoms with Gasteiger partial charge in [-0.05, 0) is 42.5 Å². The van der Waals surface area contributed by atoms with Crippen LogP contribution < -0.4 is 9.47 Å².